The van der Waals surface area contributed by atoms with Crippen molar-refractivity contribution < 1.29 is 17.6 Å². The van der Waals surface area contributed by atoms with Crippen LogP contribution >= 0.6 is 0 Å². The first kappa shape index (κ1) is 18.0. The summed E-state index contributed by atoms with van der Waals surface area (Å²) in [5.74, 6) is -2.39. The molecule has 3 rings (SSSR count). The Bertz CT molecular complexity index is 723. The van der Waals surface area contributed by atoms with Gasteiger partial charge < -0.3 is 0 Å². The Morgan fingerprint density at radius 2 is 1.36 bits per heavy atom. The number of hydrogen-bond acceptors (Lipinski definition) is 0. The molecule has 0 radical (unpaired) electrons. The predicted molar refractivity (Wildman–Crippen MR) is 91.2 cm³/mol. The number of hydrogen-bond donors (Lipinski definition) is 0. The van der Waals surface area contributed by atoms with E-state index in [9.17, 15) is 17.6 Å². The summed E-state index contributed by atoms with van der Waals surface area (Å²) in [7, 11) is 0. The largest absolute Gasteiger partial charge is 0.206 e. The zero-order valence-electron chi connectivity index (χ0n) is 14.3. The fourth-order valence-electron chi connectivity index (χ4n) is 3.85. The van der Waals surface area contributed by atoms with Gasteiger partial charge in [0.05, 0.1) is 5.56 Å². The molecule has 0 aromatic heterocycles. The summed E-state index contributed by atoms with van der Waals surface area (Å²) in [5.41, 5.74) is 0.322. The molecule has 0 amide bonds. The van der Waals surface area contributed by atoms with Crippen LogP contribution in [0.5, 0.6) is 0 Å². The summed E-state index contributed by atoms with van der Waals surface area (Å²) in [6.45, 7) is 2.20. The van der Waals surface area contributed by atoms with Gasteiger partial charge in [0, 0.05) is 0 Å². The quantitative estimate of drug-likeness (QED) is 0.540. The van der Waals surface area contributed by atoms with Crippen molar-refractivity contribution in [2.75, 3.05) is 0 Å². The summed E-state index contributed by atoms with van der Waals surface area (Å²) in [6.07, 6.45) is 6.39. The molecule has 1 aliphatic rings. The molecule has 0 nitrogen and oxygen atoms in total. The van der Waals surface area contributed by atoms with Gasteiger partial charge in [-0.2, -0.15) is 0 Å². The molecule has 134 valence electrons. The molecule has 0 saturated heterocycles. The van der Waals surface area contributed by atoms with Crippen molar-refractivity contribution in [1.82, 2.24) is 0 Å². The van der Waals surface area contributed by atoms with Crippen LogP contribution < -0.4 is 0 Å². The van der Waals surface area contributed by atoms with Crippen LogP contribution in [0.2, 0.25) is 0 Å². The van der Waals surface area contributed by atoms with Gasteiger partial charge in [0.1, 0.15) is 11.6 Å². The van der Waals surface area contributed by atoms with E-state index >= 15 is 0 Å². The molecule has 2 aromatic carbocycles. The second-order valence-electron chi connectivity index (χ2n) is 7.06. The number of rotatable bonds is 4. The SMILES string of the molecule is CCC1CCC(Cc2cc(F)c(-c3ccc(F)c(F)c3)c(F)c2)CC1. The topological polar surface area (TPSA) is 0 Å². The van der Waals surface area contributed by atoms with Gasteiger partial charge in [-0.3, -0.25) is 0 Å². The molecule has 4 heteroatoms. The smallest absolute Gasteiger partial charge is 0.159 e. The molecule has 0 aliphatic heterocycles. The molecule has 1 aliphatic carbocycles. The third kappa shape index (κ3) is 4.05. The third-order valence-electron chi connectivity index (χ3n) is 5.38. The van der Waals surface area contributed by atoms with E-state index < -0.39 is 23.3 Å². The molecular formula is C21H22F4. The molecule has 2 aromatic rings. The first-order valence-corrected chi connectivity index (χ1v) is 8.91. The van der Waals surface area contributed by atoms with E-state index in [0.717, 1.165) is 30.9 Å². The Morgan fingerprint density at radius 1 is 0.760 bits per heavy atom. The summed E-state index contributed by atoms with van der Waals surface area (Å²) in [6, 6.07) is 5.54. The molecule has 0 heterocycles. The average Bonchev–Trinajstić information content (AvgIpc) is 2.58. The second-order valence-corrected chi connectivity index (χ2v) is 7.06. The van der Waals surface area contributed by atoms with Crippen LogP contribution in [0.1, 0.15) is 44.6 Å². The van der Waals surface area contributed by atoms with Gasteiger partial charge in [0.25, 0.3) is 0 Å². The molecule has 0 unspecified atom stereocenters. The summed E-state index contributed by atoms with van der Waals surface area (Å²) >= 11 is 0. The Hall–Kier alpha value is -1.84. The highest BCUT2D eigenvalue weighted by Crippen LogP contribution is 2.34. The lowest BCUT2D eigenvalue weighted by molar-refractivity contribution is 0.268. The fourth-order valence-corrected chi connectivity index (χ4v) is 3.85. The minimum absolute atomic E-state index is 0.00361. The number of benzene rings is 2. The minimum atomic E-state index is -1.12. The second kappa shape index (κ2) is 7.59. The van der Waals surface area contributed by atoms with E-state index in [4.69, 9.17) is 0 Å². The molecule has 0 atom stereocenters. The van der Waals surface area contributed by atoms with Gasteiger partial charge in [-0.05, 0) is 66.5 Å². The monoisotopic (exact) mass is 350 g/mol. The zero-order chi connectivity index (χ0) is 18.0. The normalized spacial score (nSPS) is 20.7. The fraction of sp³-hybridized carbons (Fsp3) is 0.429. The summed E-state index contributed by atoms with van der Waals surface area (Å²) < 4.78 is 55.3. The lowest BCUT2D eigenvalue weighted by Gasteiger charge is -2.27. The van der Waals surface area contributed by atoms with Gasteiger partial charge in [0.2, 0.25) is 0 Å². The van der Waals surface area contributed by atoms with Crippen molar-refractivity contribution in [2.45, 2.75) is 45.4 Å². The predicted octanol–water partition coefficient (Wildman–Crippen LogP) is 6.67. The molecule has 0 bridgehead atoms. The molecular weight excluding hydrogens is 328 g/mol. The molecule has 1 saturated carbocycles. The van der Waals surface area contributed by atoms with Crippen LogP contribution in [0.3, 0.4) is 0 Å². The van der Waals surface area contributed by atoms with Crippen LogP contribution in [0.4, 0.5) is 17.6 Å². The van der Waals surface area contributed by atoms with E-state index in [1.807, 2.05) is 0 Å². The van der Waals surface area contributed by atoms with Gasteiger partial charge in [-0.15, -0.1) is 0 Å². The van der Waals surface area contributed by atoms with E-state index in [1.54, 1.807) is 0 Å². The van der Waals surface area contributed by atoms with Gasteiger partial charge in [-0.1, -0.05) is 32.3 Å². The maximum atomic E-state index is 14.4. The van der Waals surface area contributed by atoms with E-state index in [1.165, 1.54) is 37.5 Å². The van der Waals surface area contributed by atoms with Crippen molar-refractivity contribution in [3.8, 4) is 11.1 Å². The lowest BCUT2D eigenvalue weighted by Crippen LogP contribution is -2.16. The van der Waals surface area contributed by atoms with Crippen LogP contribution in [-0.2, 0) is 6.42 Å². The Morgan fingerprint density at radius 3 is 1.92 bits per heavy atom. The average molecular weight is 350 g/mol. The third-order valence-corrected chi connectivity index (χ3v) is 5.38. The maximum absolute atomic E-state index is 14.4. The van der Waals surface area contributed by atoms with Crippen molar-refractivity contribution in [2.24, 2.45) is 11.8 Å². The maximum Gasteiger partial charge on any atom is 0.159 e. The van der Waals surface area contributed by atoms with E-state index in [2.05, 4.69) is 6.92 Å². The first-order chi connectivity index (χ1) is 12.0. The summed E-state index contributed by atoms with van der Waals surface area (Å²) in [5, 5.41) is 0. The molecule has 0 spiro atoms. The van der Waals surface area contributed by atoms with Crippen molar-refractivity contribution >= 4 is 0 Å². The van der Waals surface area contributed by atoms with Gasteiger partial charge in [-0.25, -0.2) is 17.6 Å². The van der Waals surface area contributed by atoms with Gasteiger partial charge in [0.15, 0.2) is 11.6 Å². The van der Waals surface area contributed by atoms with E-state index in [-0.39, 0.29) is 11.1 Å². The van der Waals surface area contributed by atoms with Crippen LogP contribution in [0.15, 0.2) is 30.3 Å². The van der Waals surface area contributed by atoms with Crippen LogP contribution in [-0.4, -0.2) is 0 Å². The highest BCUT2D eigenvalue weighted by Gasteiger charge is 2.22. The highest BCUT2D eigenvalue weighted by molar-refractivity contribution is 5.65. The molecule has 25 heavy (non-hydrogen) atoms. The van der Waals surface area contributed by atoms with Crippen molar-refractivity contribution in [3.63, 3.8) is 0 Å². The highest BCUT2D eigenvalue weighted by atomic mass is 19.2. The number of halogens is 4. The minimum Gasteiger partial charge on any atom is -0.206 e. The Labute approximate surface area is 145 Å². The first-order valence-electron chi connectivity index (χ1n) is 8.91. The molecule has 1 fully saturated rings. The van der Waals surface area contributed by atoms with E-state index in [0.29, 0.717) is 17.9 Å². The Balaban J connectivity index is 1.79. The van der Waals surface area contributed by atoms with Crippen molar-refractivity contribution in [3.05, 3.63) is 59.2 Å². The summed E-state index contributed by atoms with van der Waals surface area (Å²) in [4.78, 5) is 0. The van der Waals surface area contributed by atoms with Gasteiger partial charge >= 0.3 is 0 Å². The van der Waals surface area contributed by atoms with Crippen molar-refractivity contribution in [1.29, 1.82) is 0 Å². The standard InChI is InChI=1S/C21H22F4/c1-2-13-3-5-14(6-4-13)9-15-10-19(24)21(20(25)11-15)16-7-8-17(22)18(23)12-16/h7-8,10-14H,2-6,9H2,1H3. The Kier molecular flexibility index (Phi) is 5.45. The zero-order valence-corrected chi connectivity index (χ0v) is 14.3. The van der Waals surface area contributed by atoms with Crippen LogP contribution in [0, 0.1) is 35.1 Å². The lowest BCUT2D eigenvalue weighted by atomic mass is 9.78. The molecule has 0 N–H and O–H groups in total. The van der Waals surface area contributed by atoms with Crippen LogP contribution in [0.25, 0.3) is 11.1 Å².